The molecule has 176 valence electrons. The first kappa shape index (κ1) is 25.1. The minimum Gasteiger partial charge on any atom is -0.493 e. The molecule has 7 nitrogen and oxygen atoms in total. The zero-order chi connectivity index (χ0) is 24.7. The maximum atomic E-state index is 12.1. The third kappa shape index (κ3) is 6.73. The summed E-state index contributed by atoms with van der Waals surface area (Å²) in [5.41, 5.74) is 6.25. The van der Waals surface area contributed by atoms with Crippen molar-refractivity contribution in [3.05, 3.63) is 86.9 Å². The van der Waals surface area contributed by atoms with Crippen LogP contribution in [0.2, 0.25) is 10.0 Å². The van der Waals surface area contributed by atoms with Crippen LogP contribution in [0.5, 0.6) is 11.5 Å². The molecule has 0 bridgehead atoms. The van der Waals surface area contributed by atoms with Crippen LogP contribution in [-0.2, 0) is 16.2 Å². The summed E-state index contributed by atoms with van der Waals surface area (Å²) in [5.74, 6) is -0.737. The summed E-state index contributed by atoms with van der Waals surface area (Å²) in [6.07, 6.45) is 1.39. The van der Waals surface area contributed by atoms with Gasteiger partial charge in [-0.15, -0.1) is 0 Å². The molecule has 2 N–H and O–H groups in total. The molecule has 0 aromatic heterocycles. The number of benzene rings is 3. The van der Waals surface area contributed by atoms with Gasteiger partial charge in [0, 0.05) is 21.3 Å². The van der Waals surface area contributed by atoms with Crippen LogP contribution in [0.3, 0.4) is 0 Å². The van der Waals surface area contributed by atoms with Gasteiger partial charge in [0.15, 0.2) is 11.5 Å². The fraction of sp³-hybridized carbons (Fsp3) is 0.160. The van der Waals surface area contributed by atoms with E-state index in [1.54, 1.807) is 48.5 Å². The van der Waals surface area contributed by atoms with Crippen LogP contribution in [0.1, 0.15) is 22.3 Å². The number of nitrogens with zero attached hydrogens (tertiary/aromatic N) is 1. The summed E-state index contributed by atoms with van der Waals surface area (Å²) < 4.78 is 11.2. The van der Waals surface area contributed by atoms with E-state index in [0.29, 0.717) is 32.8 Å². The second kappa shape index (κ2) is 11.5. The summed E-state index contributed by atoms with van der Waals surface area (Å²) in [6, 6.07) is 15.7. The second-order valence-electron chi connectivity index (χ2n) is 7.39. The number of nitrogens with one attached hydrogen (secondary N) is 2. The highest BCUT2D eigenvalue weighted by atomic mass is 35.5. The summed E-state index contributed by atoms with van der Waals surface area (Å²) >= 11 is 12.1. The number of ether oxygens (including phenoxy) is 2. The lowest BCUT2D eigenvalue weighted by Crippen LogP contribution is -2.32. The van der Waals surface area contributed by atoms with Gasteiger partial charge in [-0.2, -0.15) is 5.10 Å². The van der Waals surface area contributed by atoms with E-state index in [1.807, 2.05) is 19.9 Å². The lowest BCUT2D eigenvalue weighted by molar-refractivity contribution is -0.136. The maximum Gasteiger partial charge on any atom is 0.329 e. The van der Waals surface area contributed by atoms with Crippen LogP contribution in [0, 0.1) is 13.8 Å². The van der Waals surface area contributed by atoms with Crippen molar-refractivity contribution in [2.45, 2.75) is 20.5 Å². The van der Waals surface area contributed by atoms with E-state index in [9.17, 15) is 9.59 Å². The van der Waals surface area contributed by atoms with Crippen LogP contribution < -0.4 is 20.2 Å². The summed E-state index contributed by atoms with van der Waals surface area (Å²) in [4.78, 5) is 24.1. The number of carbonyl (C=O) groups is 2. The Hall–Kier alpha value is -3.55. The molecule has 0 atom stereocenters. The van der Waals surface area contributed by atoms with Crippen molar-refractivity contribution in [2.24, 2.45) is 5.10 Å². The zero-order valence-corrected chi connectivity index (χ0v) is 20.3. The molecule has 9 heteroatoms. The molecule has 2 amide bonds. The number of halogens is 2. The summed E-state index contributed by atoms with van der Waals surface area (Å²) in [5, 5.41) is 7.44. The van der Waals surface area contributed by atoms with Gasteiger partial charge >= 0.3 is 11.8 Å². The van der Waals surface area contributed by atoms with E-state index in [1.165, 1.54) is 13.3 Å². The standard InChI is InChI=1S/C25H23Cl2N3O4/c1-15-4-8-20(10-16(15)2)29-24(31)25(32)30-28-13-17-5-9-22(23(11-17)33-3)34-14-18-6-7-19(26)12-21(18)27/h4-13H,14H2,1-3H3,(H,29,31)(H,30,32). The van der Waals surface area contributed by atoms with Crippen molar-refractivity contribution in [1.82, 2.24) is 5.43 Å². The molecule has 0 aliphatic heterocycles. The molecule has 3 rings (SSSR count). The van der Waals surface area contributed by atoms with Crippen LogP contribution in [0.15, 0.2) is 59.7 Å². The van der Waals surface area contributed by atoms with E-state index < -0.39 is 11.8 Å². The lowest BCUT2D eigenvalue weighted by Gasteiger charge is -2.12. The largest absolute Gasteiger partial charge is 0.493 e. The predicted octanol–water partition coefficient (Wildman–Crippen LogP) is 5.29. The van der Waals surface area contributed by atoms with Crippen LogP contribution in [0.4, 0.5) is 5.69 Å². The maximum absolute atomic E-state index is 12.1. The fourth-order valence-corrected chi connectivity index (χ4v) is 3.36. The van der Waals surface area contributed by atoms with Crippen molar-refractivity contribution < 1.29 is 19.1 Å². The topological polar surface area (TPSA) is 89.0 Å². The first-order valence-corrected chi connectivity index (χ1v) is 11.0. The molecule has 34 heavy (non-hydrogen) atoms. The zero-order valence-electron chi connectivity index (χ0n) is 18.8. The van der Waals surface area contributed by atoms with Gasteiger partial charge in [0.2, 0.25) is 0 Å². The minimum atomic E-state index is -0.888. The number of carbonyl (C=O) groups excluding carboxylic acids is 2. The monoisotopic (exact) mass is 499 g/mol. The predicted molar refractivity (Wildman–Crippen MR) is 134 cm³/mol. The van der Waals surface area contributed by atoms with Crippen molar-refractivity contribution in [1.29, 1.82) is 0 Å². The average molecular weight is 500 g/mol. The molecule has 3 aromatic carbocycles. The molecule has 0 aliphatic rings. The van der Waals surface area contributed by atoms with E-state index >= 15 is 0 Å². The van der Waals surface area contributed by atoms with Gasteiger partial charge in [-0.3, -0.25) is 9.59 Å². The molecule has 0 heterocycles. The Bertz CT molecular complexity index is 1240. The van der Waals surface area contributed by atoms with Crippen LogP contribution >= 0.6 is 23.2 Å². The van der Waals surface area contributed by atoms with Crippen LogP contribution in [0.25, 0.3) is 0 Å². The first-order valence-electron chi connectivity index (χ1n) is 10.2. The second-order valence-corrected chi connectivity index (χ2v) is 8.23. The number of methoxy groups -OCH3 is 1. The highest BCUT2D eigenvalue weighted by Gasteiger charge is 2.13. The van der Waals surface area contributed by atoms with Gasteiger partial charge in [-0.05, 0) is 73.0 Å². The summed E-state index contributed by atoms with van der Waals surface area (Å²) in [7, 11) is 1.51. The van der Waals surface area contributed by atoms with E-state index in [4.69, 9.17) is 32.7 Å². The summed E-state index contributed by atoms with van der Waals surface area (Å²) in [6.45, 7) is 4.11. The Balaban J connectivity index is 1.58. The third-order valence-electron chi connectivity index (χ3n) is 4.94. The third-order valence-corrected chi connectivity index (χ3v) is 5.52. The van der Waals surface area contributed by atoms with E-state index in [0.717, 1.165) is 16.7 Å². The van der Waals surface area contributed by atoms with E-state index in [-0.39, 0.29) is 6.61 Å². The Kier molecular flexibility index (Phi) is 8.51. The van der Waals surface area contributed by atoms with Crippen molar-refractivity contribution in [3.63, 3.8) is 0 Å². The number of aryl methyl sites for hydroxylation is 2. The minimum absolute atomic E-state index is 0.228. The first-order chi connectivity index (χ1) is 16.3. The van der Waals surface area contributed by atoms with Crippen molar-refractivity contribution in [3.8, 4) is 11.5 Å². The molecule has 0 unspecified atom stereocenters. The number of hydrogen-bond acceptors (Lipinski definition) is 5. The van der Waals surface area contributed by atoms with Gasteiger partial charge in [-0.25, -0.2) is 5.43 Å². The number of hydrogen-bond donors (Lipinski definition) is 2. The molecule has 3 aromatic rings. The average Bonchev–Trinajstić information content (AvgIpc) is 2.81. The Morgan fingerprint density at radius 2 is 1.74 bits per heavy atom. The molecule has 0 saturated heterocycles. The lowest BCUT2D eigenvalue weighted by atomic mass is 10.1. The Morgan fingerprint density at radius 3 is 2.44 bits per heavy atom. The van der Waals surface area contributed by atoms with Crippen LogP contribution in [-0.4, -0.2) is 25.1 Å². The highest BCUT2D eigenvalue weighted by Crippen LogP contribution is 2.29. The normalized spacial score (nSPS) is 10.7. The molecular formula is C25H23Cl2N3O4. The smallest absolute Gasteiger partial charge is 0.329 e. The molecular weight excluding hydrogens is 477 g/mol. The van der Waals surface area contributed by atoms with Crippen molar-refractivity contribution >= 4 is 46.9 Å². The van der Waals surface area contributed by atoms with E-state index in [2.05, 4.69) is 15.8 Å². The molecule has 0 saturated carbocycles. The van der Waals surface area contributed by atoms with Gasteiger partial charge in [0.25, 0.3) is 0 Å². The Morgan fingerprint density at radius 1 is 0.941 bits per heavy atom. The van der Waals surface area contributed by atoms with Crippen molar-refractivity contribution in [2.75, 3.05) is 12.4 Å². The number of hydrazone groups is 1. The van der Waals surface area contributed by atoms with Gasteiger partial charge in [0.1, 0.15) is 6.61 Å². The molecule has 0 fully saturated rings. The number of rotatable bonds is 7. The van der Waals surface area contributed by atoms with Gasteiger partial charge in [0.05, 0.1) is 13.3 Å². The Labute approximate surface area is 207 Å². The fourth-order valence-electron chi connectivity index (χ4n) is 2.90. The highest BCUT2D eigenvalue weighted by molar-refractivity contribution is 6.39. The number of anilines is 1. The molecule has 0 aliphatic carbocycles. The quantitative estimate of drug-likeness (QED) is 0.262. The SMILES string of the molecule is COc1cc(C=NNC(=O)C(=O)Nc2ccc(C)c(C)c2)ccc1OCc1ccc(Cl)cc1Cl. The molecule has 0 spiro atoms. The van der Waals surface area contributed by atoms with Gasteiger partial charge < -0.3 is 14.8 Å². The molecule has 0 radical (unpaired) electrons. The number of amides is 2. The van der Waals surface area contributed by atoms with Gasteiger partial charge in [-0.1, -0.05) is 35.3 Å².